The summed E-state index contributed by atoms with van der Waals surface area (Å²) in [6, 6.07) is 7.03. The number of aliphatic carboxylic acids is 1. The standard InChI is InChI=1S/C18H26NO7P/c1-4-13-19-18(17(20)21)15-10-8-7-9-14(15)11-12-16(18)27(22,25-23-5-2)26-24-6-3/h7-12,16,19H,4-6,13H2,1-3H3,(H,20,21). The van der Waals surface area contributed by atoms with Crippen molar-refractivity contribution in [1.82, 2.24) is 5.32 Å². The van der Waals surface area contributed by atoms with Crippen LogP contribution in [0.1, 0.15) is 38.3 Å². The summed E-state index contributed by atoms with van der Waals surface area (Å²) in [7, 11) is -4.17. The molecule has 2 N–H and O–H groups in total. The Labute approximate surface area is 158 Å². The molecule has 0 saturated heterocycles. The fourth-order valence-electron chi connectivity index (χ4n) is 3.04. The Balaban J connectivity index is 2.63. The Morgan fingerprint density at radius 3 is 2.37 bits per heavy atom. The molecule has 2 rings (SSSR count). The maximum Gasteiger partial charge on any atom is 0.393 e. The van der Waals surface area contributed by atoms with Gasteiger partial charge in [-0.15, -0.1) is 9.35 Å². The number of hydrogen-bond acceptors (Lipinski definition) is 7. The molecule has 0 amide bonds. The Bertz CT molecular complexity index is 711. The van der Waals surface area contributed by atoms with Gasteiger partial charge in [-0.25, -0.2) is 14.6 Å². The fourth-order valence-corrected chi connectivity index (χ4v) is 4.87. The fraction of sp³-hybridized carbons (Fsp3) is 0.500. The van der Waals surface area contributed by atoms with Crippen LogP contribution >= 0.6 is 7.60 Å². The van der Waals surface area contributed by atoms with Crippen molar-refractivity contribution in [3.8, 4) is 0 Å². The lowest BCUT2D eigenvalue weighted by molar-refractivity contribution is -0.265. The van der Waals surface area contributed by atoms with Crippen molar-refractivity contribution in [1.29, 1.82) is 0 Å². The molecule has 2 unspecified atom stereocenters. The van der Waals surface area contributed by atoms with E-state index in [4.69, 9.17) is 19.1 Å². The summed E-state index contributed by atoms with van der Waals surface area (Å²) >= 11 is 0. The third-order valence-corrected chi connectivity index (χ3v) is 6.04. The molecule has 27 heavy (non-hydrogen) atoms. The summed E-state index contributed by atoms with van der Waals surface area (Å²) in [4.78, 5) is 22.3. The largest absolute Gasteiger partial charge is 0.480 e. The van der Waals surface area contributed by atoms with Crippen molar-refractivity contribution >= 4 is 19.6 Å². The molecule has 0 bridgehead atoms. The van der Waals surface area contributed by atoms with E-state index in [1.165, 1.54) is 6.08 Å². The molecule has 150 valence electrons. The topological polar surface area (TPSA) is 103 Å². The smallest absolute Gasteiger partial charge is 0.393 e. The van der Waals surface area contributed by atoms with E-state index in [9.17, 15) is 14.5 Å². The molecule has 8 nitrogen and oxygen atoms in total. The lowest BCUT2D eigenvalue weighted by atomic mass is 9.79. The second-order valence-electron chi connectivity index (χ2n) is 5.93. The number of rotatable bonds is 11. The summed E-state index contributed by atoms with van der Waals surface area (Å²) in [6.45, 7) is 5.81. The van der Waals surface area contributed by atoms with Crippen molar-refractivity contribution < 1.29 is 33.6 Å². The zero-order valence-corrected chi connectivity index (χ0v) is 16.6. The van der Waals surface area contributed by atoms with Crippen LogP contribution in [0, 0.1) is 0 Å². The van der Waals surface area contributed by atoms with Gasteiger partial charge in [-0.05, 0) is 37.9 Å². The van der Waals surface area contributed by atoms with E-state index < -0.39 is 24.8 Å². The van der Waals surface area contributed by atoms with Crippen LogP contribution in [0.4, 0.5) is 0 Å². The molecule has 0 saturated carbocycles. The molecule has 0 spiro atoms. The van der Waals surface area contributed by atoms with Crippen LogP contribution in [0.15, 0.2) is 30.3 Å². The van der Waals surface area contributed by atoms with Crippen molar-refractivity contribution in [2.24, 2.45) is 0 Å². The highest BCUT2D eigenvalue weighted by atomic mass is 31.2. The molecule has 0 radical (unpaired) electrons. The minimum Gasteiger partial charge on any atom is -0.480 e. The van der Waals surface area contributed by atoms with Gasteiger partial charge < -0.3 is 5.11 Å². The molecule has 2 atom stereocenters. The Hall–Kier alpha value is -1.54. The van der Waals surface area contributed by atoms with Gasteiger partial charge >= 0.3 is 13.6 Å². The van der Waals surface area contributed by atoms with Crippen LogP contribution < -0.4 is 5.32 Å². The van der Waals surface area contributed by atoms with E-state index in [1.54, 1.807) is 38.1 Å². The Morgan fingerprint density at radius 2 is 1.81 bits per heavy atom. The first-order chi connectivity index (χ1) is 13.0. The van der Waals surface area contributed by atoms with E-state index in [0.717, 1.165) is 0 Å². The van der Waals surface area contributed by atoms with E-state index in [2.05, 4.69) is 5.32 Å². The van der Waals surface area contributed by atoms with Gasteiger partial charge in [-0.1, -0.05) is 43.3 Å². The van der Waals surface area contributed by atoms with E-state index in [-0.39, 0.29) is 13.2 Å². The van der Waals surface area contributed by atoms with Crippen molar-refractivity contribution in [2.75, 3.05) is 19.8 Å². The number of fused-ring (bicyclic) bond motifs is 1. The second-order valence-corrected chi connectivity index (χ2v) is 7.87. The van der Waals surface area contributed by atoms with E-state index in [0.29, 0.717) is 24.1 Å². The Kier molecular flexibility index (Phi) is 7.73. The van der Waals surface area contributed by atoms with Gasteiger partial charge in [-0.2, -0.15) is 0 Å². The third-order valence-electron chi connectivity index (χ3n) is 4.17. The molecule has 1 aromatic carbocycles. The molecular formula is C18H26NO7P. The molecule has 0 heterocycles. The van der Waals surface area contributed by atoms with Crippen molar-refractivity contribution in [3.05, 3.63) is 41.5 Å². The van der Waals surface area contributed by atoms with Crippen LogP contribution in [-0.2, 0) is 34.0 Å². The normalized spacial score (nSPS) is 21.8. The van der Waals surface area contributed by atoms with E-state index in [1.807, 2.05) is 13.0 Å². The van der Waals surface area contributed by atoms with Gasteiger partial charge in [0, 0.05) is 0 Å². The van der Waals surface area contributed by atoms with Crippen LogP contribution in [0.5, 0.6) is 0 Å². The molecule has 9 heteroatoms. The van der Waals surface area contributed by atoms with E-state index >= 15 is 0 Å². The highest BCUT2D eigenvalue weighted by molar-refractivity contribution is 7.54. The van der Waals surface area contributed by atoms with Gasteiger partial charge in [0.25, 0.3) is 0 Å². The lowest BCUT2D eigenvalue weighted by Gasteiger charge is -2.41. The number of carboxylic acid groups (broad SMARTS) is 1. The highest BCUT2D eigenvalue weighted by Gasteiger charge is 2.59. The number of carboxylic acids is 1. The molecule has 0 fully saturated rings. The molecule has 1 aliphatic rings. The average molecular weight is 399 g/mol. The number of hydrogen-bond donors (Lipinski definition) is 2. The summed E-state index contributed by atoms with van der Waals surface area (Å²) < 4.78 is 23.7. The van der Waals surface area contributed by atoms with Crippen LogP contribution in [0.2, 0.25) is 0 Å². The van der Waals surface area contributed by atoms with Crippen LogP contribution in [-0.4, -0.2) is 36.5 Å². The molecule has 0 aromatic heterocycles. The van der Waals surface area contributed by atoms with Gasteiger partial charge in [0.05, 0.1) is 13.2 Å². The highest BCUT2D eigenvalue weighted by Crippen LogP contribution is 2.61. The van der Waals surface area contributed by atoms with Gasteiger partial charge in [-0.3, -0.25) is 9.88 Å². The first-order valence-electron chi connectivity index (χ1n) is 8.94. The molecular weight excluding hydrogens is 373 g/mol. The summed E-state index contributed by atoms with van der Waals surface area (Å²) in [5, 5.41) is 13.3. The lowest BCUT2D eigenvalue weighted by Crippen LogP contribution is -2.58. The summed E-state index contributed by atoms with van der Waals surface area (Å²) in [5.41, 5.74) is -1.76. The minimum atomic E-state index is -4.17. The van der Waals surface area contributed by atoms with Crippen LogP contribution in [0.25, 0.3) is 6.08 Å². The predicted molar refractivity (Wildman–Crippen MR) is 99.9 cm³/mol. The molecule has 0 aliphatic heterocycles. The molecule has 1 aromatic rings. The quantitative estimate of drug-likeness (QED) is 0.331. The van der Waals surface area contributed by atoms with Crippen LogP contribution in [0.3, 0.4) is 0 Å². The zero-order valence-electron chi connectivity index (χ0n) is 15.7. The first kappa shape index (κ1) is 21.8. The predicted octanol–water partition coefficient (Wildman–Crippen LogP) is 3.49. The zero-order chi connectivity index (χ0) is 19.9. The number of carbonyl (C=O) groups is 1. The Morgan fingerprint density at radius 1 is 1.19 bits per heavy atom. The summed E-state index contributed by atoms with van der Waals surface area (Å²) in [5.74, 6) is -1.20. The second kappa shape index (κ2) is 9.59. The van der Waals surface area contributed by atoms with Gasteiger partial charge in [0.2, 0.25) is 0 Å². The van der Waals surface area contributed by atoms with Crippen molar-refractivity contribution in [3.63, 3.8) is 0 Å². The average Bonchev–Trinajstić information content (AvgIpc) is 2.68. The van der Waals surface area contributed by atoms with Gasteiger partial charge in [0.1, 0.15) is 5.66 Å². The van der Waals surface area contributed by atoms with Gasteiger partial charge in [0.15, 0.2) is 5.54 Å². The maximum absolute atomic E-state index is 13.5. The SMILES string of the molecule is CCCNC1(C(=O)O)c2ccccc2C=CC1P(=O)(OOCC)OOCC. The molecule has 1 aliphatic carbocycles. The first-order valence-corrected chi connectivity index (χ1v) is 10.6. The summed E-state index contributed by atoms with van der Waals surface area (Å²) in [6.07, 6.45) is 3.89. The minimum absolute atomic E-state index is 0.106. The maximum atomic E-state index is 13.5. The van der Waals surface area contributed by atoms with Crippen molar-refractivity contribution in [2.45, 2.75) is 38.4 Å². The number of benzene rings is 1. The monoisotopic (exact) mass is 399 g/mol. The number of nitrogens with one attached hydrogen (secondary N) is 1. The third kappa shape index (κ3) is 4.32.